The second-order valence-corrected chi connectivity index (χ2v) is 7.51. The molecule has 1 N–H and O–H groups in total. The Morgan fingerprint density at radius 3 is 2.39 bits per heavy atom. The lowest BCUT2D eigenvalue weighted by Crippen LogP contribution is -2.61. The number of rotatable bonds is 0. The van der Waals surface area contributed by atoms with Crippen LogP contribution in [0.5, 0.6) is 0 Å². The van der Waals surface area contributed by atoms with Crippen LogP contribution in [0.1, 0.15) is 54.4 Å². The number of ether oxygens (including phenoxy) is 2. The Hall–Kier alpha value is -0.120. The summed E-state index contributed by atoms with van der Waals surface area (Å²) in [5, 5.41) is 3.42. The Morgan fingerprint density at radius 1 is 1.06 bits per heavy atom. The van der Waals surface area contributed by atoms with E-state index >= 15 is 0 Å². The third-order valence-electron chi connectivity index (χ3n) is 4.21. The van der Waals surface area contributed by atoms with Gasteiger partial charge in [-0.15, -0.1) is 0 Å². The average Bonchev–Trinajstić information content (AvgIpc) is 2.17. The van der Waals surface area contributed by atoms with Gasteiger partial charge in [0.2, 0.25) is 0 Å². The molecule has 2 heterocycles. The van der Waals surface area contributed by atoms with Crippen LogP contribution in [0.3, 0.4) is 0 Å². The first-order valence-electron chi connectivity index (χ1n) is 7.27. The number of hydrogen-bond acceptors (Lipinski definition) is 3. The molecule has 2 aliphatic heterocycles. The van der Waals surface area contributed by atoms with E-state index < -0.39 is 0 Å². The zero-order valence-corrected chi connectivity index (χ0v) is 12.7. The Balaban J connectivity index is 2.16. The van der Waals surface area contributed by atoms with Gasteiger partial charge in [-0.1, -0.05) is 20.8 Å². The summed E-state index contributed by atoms with van der Waals surface area (Å²) in [6, 6.07) is 0. The van der Waals surface area contributed by atoms with E-state index in [0.717, 1.165) is 13.0 Å². The van der Waals surface area contributed by atoms with Gasteiger partial charge < -0.3 is 9.47 Å². The molecule has 0 aliphatic carbocycles. The smallest absolute Gasteiger partial charge is 0.114 e. The van der Waals surface area contributed by atoms with E-state index in [0.29, 0.717) is 17.4 Å². The van der Waals surface area contributed by atoms with Crippen LogP contribution >= 0.6 is 0 Å². The quantitative estimate of drug-likeness (QED) is 0.722. The maximum Gasteiger partial charge on any atom is 0.114 e. The highest BCUT2D eigenvalue weighted by Crippen LogP contribution is 2.39. The van der Waals surface area contributed by atoms with Crippen molar-refractivity contribution in [3.05, 3.63) is 0 Å². The molecular weight excluding hydrogens is 226 g/mol. The minimum atomic E-state index is -0.231. The lowest BCUT2D eigenvalue weighted by Gasteiger charge is -2.48. The first kappa shape index (κ1) is 14.3. The number of nitrogens with one attached hydrogen (secondary N) is 1. The fourth-order valence-corrected chi connectivity index (χ4v) is 3.72. The Morgan fingerprint density at radius 2 is 1.72 bits per heavy atom. The van der Waals surface area contributed by atoms with E-state index in [1.165, 1.54) is 6.42 Å². The maximum absolute atomic E-state index is 6.23. The summed E-state index contributed by atoms with van der Waals surface area (Å²) in [6.45, 7) is 14.3. The van der Waals surface area contributed by atoms with Crippen LogP contribution in [0.25, 0.3) is 0 Å². The molecular formula is C15H29NO2. The summed E-state index contributed by atoms with van der Waals surface area (Å²) < 4.78 is 12.4. The van der Waals surface area contributed by atoms with Gasteiger partial charge in [0.15, 0.2) is 0 Å². The van der Waals surface area contributed by atoms with Crippen LogP contribution in [0.4, 0.5) is 0 Å². The molecule has 2 aliphatic rings. The highest BCUT2D eigenvalue weighted by molar-refractivity contribution is 4.91. The second-order valence-electron chi connectivity index (χ2n) is 7.51. The summed E-state index contributed by atoms with van der Waals surface area (Å²) in [4.78, 5) is 0. The normalized spacial score (nSPS) is 43.7. The van der Waals surface area contributed by atoms with E-state index in [9.17, 15) is 0 Å². The highest BCUT2D eigenvalue weighted by Gasteiger charge is 2.43. The Bertz CT molecular complexity index is 301. The first-order chi connectivity index (χ1) is 8.19. The first-order valence-corrected chi connectivity index (χ1v) is 7.27. The van der Waals surface area contributed by atoms with Crippen molar-refractivity contribution in [3.63, 3.8) is 0 Å². The van der Waals surface area contributed by atoms with Crippen molar-refractivity contribution in [2.75, 3.05) is 6.54 Å². The Kier molecular flexibility index (Phi) is 3.79. The zero-order valence-electron chi connectivity index (χ0n) is 12.7. The van der Waals surface area contributed by atoms with Crippen LogP contribution in [0, 0.1) is 11.3 Å². The SMILES string of the molecule is CC1CC(C)(C)CC(C)C2OC(C)(C)NCC2O1. The summed E-state index contributed by atoms with van der Waals surface area (Å²) >= 11 is 0. The molecule has 0 saturated carbocycles. The van der Waals surface area contributed by atoms with Gasteiger partial charge in [0.05, 0.1) is 18.3 Å². The van der Waals surface area contributed by atoms with Gasteiger partial charge in [-0.05, 0) is 44.9 Å². The number of hydrogen-bond donors (Lipinski definition) is 1. The summed E-state index contributed by atoms with van der Waals surface area (Å²) in [5.41, 5.74) is 0.105. The van der Waals surface area contributed by atoms with Gasteiger partial charge in [-0.3, -0.25) is 5.32 Å². The summed E-state index contributed by atoms with van der Waals surface area (Å²) in [7, 11) is 0. The summed E-state index contributed by atoms with van der Waals surface area (Å²) in [6.07, 6.45) is 3.05. The third-order valence-corrected chi connectivity index (χ3v) is 4.21. The second kappa shape index (κ2) is 4.77. The minimum Gasteiger partial charge on any atom is -0.371 e. The molecule has 0 spiro atoms. The predicted octanol–water partition coefficient (Wildman–Crippen LogP) is 2.94. The van der Waals surface area contributed by atoms with Gasteiger partial charge in [0.1, 0.15) is 5.72 Å². The van der Waals surface area contributed by atoms with Crippen LogP contribution in [-0.4, -0.2) is 30.6 Å². The summed E-state index contributed by atoms with van der Waals surface area (Å²) in [5.74, 6) is 0.541. The molecule has 2 rings (SSSR count). The number of fused-ring (bicyclic) bond motifs is 1. The molecule has 4 atom stereocenters. The molecule has 0 amide bonds. The van der Waals surface area contributed by atoms with Crippen molar-refractivity contribution >= 4 is 0 Å². The largest absolute Gasteiger partial charge is 0.371 e. The molecule has 0 bridgehead atoms. The lowest BCUT2D eigenvalue weighted by atomic mass is 9.75. The van der Waals surface area contributed by atoms with Crippen LogP contribution < -0.4 is 5.32 Å². The monoisotopic (exact) mass is 255 g/mol. The molecule has 0 aromatic heterocycles. The molecule has 2 fully saturated rings. The van der Waals surface area contributed by atoms with Gasteiger partial charge in [0.25, 0.3) is 0 Å². The lowest BCUT2D eigenvalue weighted by molar-refractivity contribution is -0.220. The predicted molar refractivity (Wildman–Crippen MR) is 73.5 cm³/mol. The highest BCUT2D eigenvalue weighted by atomic mass is 16.6. The molecule has 18 heavy (non-hydrogen) atoms. The molecule has 0 aromatic rings. The molecule has 0 aromatic carbocycles. The fourth-order valence-electron chi connectivity index (χ4n) is 3.72. The molecule has 106 valence electrons. The Labute approximate surface area is 112 Å². The molecule has 0 radical (unpaired) electrons. The van der Waals surface area contributed by atoms with E-state index in [1.807, 2.05) is 0 Å². The van der Waals surface area contributed by atoms with Crippen molar-refractivity contribution in [2.45, 2.75) is 78.4 Å². The van der Waals surface area contributed by atoms with E-state index in [4.69, 9.17) is 9.47 Å². The standard InChI is InChI=1S/C15H29NO2/c1-10-7-14(3,4)8-11(2)17-12-9-16-15(5,6)18-13(10)12/h10-13,16H,7-9H2,1-6H3. The van der Waals surface area contributed by atoms with E-state index in [1.54, 1.807) is 0 Å². The van der Waals surface area contributed by atoms with Gasteiger partial charge in [-0.25, -0.2) is 0 Å². The van der Waals surface area contributed by atoms with Crippen molar-refractivity contribution in [1.29, 1.82) is 0 Å². The fraction of sp³-hybridized carbons (Fsp3) is 1.00. The minimum absolute atomic E-state index is 0.194. The van der Waals surface area contributed by atoms with Crippen LogP contribution in [-0.2, 0) is 9.47 Å². The molecule has 3 nitrogen and oxygen atoms in total. The van der Waals surface area contributed by atoms with Gasteiger partial charge in [-0.2, -0.15) is 0 Å². The van der Waals surface area contributed by atoms with Crippen molar-refractivity contribution in [1.82, 2.24) is 5.32 Å². The van der Waals surface area contributed by atoms with Crippen LogP contribution in [0.2, 0.25) is 0 Å². The van der Waals surface area contributed by atoms with Crippen molar-refractivity contribution in [3.8, 4) is 0 Å². The topological polar surface area (TPSA) is 30.5 Å². The average molecular weight is 255 g/mol. The van der Waals surface area contributed by atoms with Crippen molar-refractivity contribution < 1.29 is 9.47 Å². The van der Waals surface area contributed by atoms with Gasteiger partial charge >= 0.3 is 0 Å². The third kappa shape index (κ3) is 3.25. The van der Waals surface area contributed by atoms with Gasteiger partial charge in [0, 0.05) is 6.54 Å². The van der Waals surface area contributed by atoms with E-state index in [-0.39, 0.29) is 17.9 Å². The molecule has 3 heteroatoms. The molecule has 4 unspecified atom stereocenters. The van der Waals surface area contributed by atoms with Crippen molar-refractivity contribution in [2.24, 2.45) is 11.3 Å². The molecule has 2 saturated heterocycles. The zero-order chi connectivity index (χ0) is 13.6. The maximum atomic E-state index is 6.23. The van der Waals surface area contributed by atoms with E-state index in [2.05, 4.69) is 46.9 Å². The van der Waals surface area contributed by atoms with Crippen LogP contribution in [0.15, 0.2) is 0 Å².